The van der Waals surface area contributed by atoms with E-state index >= 15 is 0 Å². The van der Waals surface area contributed by atoms with Gasteiger partial charge in [0.2, 0.25) is 5.82 Å². The number of aliphatic hydroxyl groups is 2. The Morgan fingerprint density at radius 3 is 2.70 bits per heavy atom. The van der Waals surface area contributed by atoms with Gasteiger partial charge in [0.1, 0.15) is 18.9 Å². The van der Waals surface area contributed by atoms with Gasteiger partial charge >= 0.3 is 5.69 Å². The van der Waals surface area contributed by atoms with Gasteiger partial charge in [-0.25, -0.2) is 4.79 Å². The molecule has 0 spiro atoms. The first-order chi connectivity index (χ1) is 12.9. The molecule has 2 aromatic rings. The summed E-state index contributed by atoms with van der Waals surface area (Å²) in [6, 6.07) is 5.45. The Labute approximate surface area is 151 Å². The predicted octanol–water partition coefficient (Wildman–Crippen LogP) is 0.510. The smallest absolute Gasteiger partial charge is 0.353 e. The zero-order valence-electron chi connectivity index (χ0n) is 13.9. The van der Waals surface area contributed by atoms with Crippen LogP contribution in [-0.2, 0) is 11.3 Å². The van der Waals surface area contributed by atoms with Crippen molar-refractivity contribution < 1.29 is 29.0 Å². The standard InChI is InChI=1S/C16H16FN3O7/c17-11-6-19(14-5-12(22)13(7-21)27-14)16(23)18-15(11)26-8-9-1-3-10(4-2-9)20(24)25/h1-4,6,12-14,21-22H,5,7-8H2/t12-,13+,14+/m0/s1. The molecular formula is C16H16FN3O7. The second-order valence-electron chi connectivity index (χ2n) is 5.91. The van der Waals surface area contributed by atoms with E-state index in [1.165, 1.54) is 24.3 Å². The zero-order valence-corrected chi connectivity index (χ0v) is 13.9. The summed E-state index contributed by atoms with van der Waals surface area (Å²) in [6.07, 6.45) is -1.92. The minimum absolute atomic E-state index is 0.00918. The Bertz CT molecular complexity index is 887. The van der Waals surface area contributed by atoms with Gasteiger partial charge < -0.3 is 19.7 Å². The number of non-ortho nitro benzene ring substituents is 1. The summed E-state index contributed by atoms with van der Waals surface area (Å²) >= 11 is 0. The van der Waals surface area contributed by atoms with Crippen LogP contribution in [0.4, 0.5) is 10.1 Å². The fourth-order valence-electron chi connectivity index (χ4n) is 2.65. The molecule has 0 radical (unpaired) electrons. The molecule has 3 atom stereocenters. The predicted molar refractivity (Wildman–Crippen MR) is 87.5 cm³/mol. The maximum Gasteiger partial charge on any atom is 0.353 e. The van der Waals surface area contributed by atoms with Crippen molar-refractivity contribution in [2.45, 2.75) is 31.5 Å². The maximum atomic E-state index is 14.2. The monoisotopic (exact) mass is 381 g/mol. The minimum atomic E-state index is -0.979. The molecular weight excluding hydrogens is 365 g/mol. The highest BCUT2D eigenvalue weighted by atomic mass is 19.1. The lowest BCUT2D eigenvalue weighted by Crippen LogP contribution is -2.28. The molecule has 2 heterocycles. The van der Waals surface area contributed by atoms with Gasteiger partial charge in [-0.15, -0.1) is 0 Å². The third-order valence-electron chi connectivity index (χ3n) is 4.09. The van der Waals surface area contributed by atoms with E-state index in [0.29, 0.717) is 5.56 Å². The van der Waals surface area contributed by atoms with Gasteiger partial charge in [0.05, 0.1) is 23.8 Å². The van der Waals surface area contributed by atoms with E-state index in [1.807, 2.05) is 0 Å². The van der Waals surface area contributed by atoms with Gasteiger partial charge in [0.25, 0.3) is 11.6 Å². The summed E-state index contributed by atoms with van der Waals surface area (Å²) in [5.74, 6) is -1.44. The van der Waals surface area contributed by atoms with Crippen LogP contribution in [0.5, 0.6) is 5.88 Å². The fourth-order valence-corrected chi connectivity index (χ4v) is 2.65. The number of hydrogen-bond donors (Lipinski definition) is 2. The molecule has 10 nitrogen and oxygen atoms in total. The van der Waals surface area contributed by atoms with Crippen LogP contribution in [-0.4, -0.2) is 43.5 Å². The second kappa shape index (κ2) is 7.78. The zero-order chi connectivity index (χ0) is 19.6. The highest BCUT2D eigenvalue weighted by Crippen LogP contribution is 2.28. The Kier molecular flexibility index (Phi) is 5.44. The third-order valence-corrected chi connectivity index (χ3v) is 4.09. The molecule has 144 valence electrons. The minimum Gasteiger partial charge on any atom is -0.471 e. The summed E-state index contributed by atoms with van der Waals surface area (Å²) in [7, 11) is 0. The third kappa shape index (κ3) is 4.10. The molecule has 1 aliphatic rings. The number of ether oxygens (including phenoxy) is 2. The van der Waals surface area contributed by atoms with Crippen LogP contribution in [0.2, 0.25) is 0 Å². The Morgan fingerprint density at radius 1 is 1.41 bits per heavy atom. The molecule has 1 aromatic heterocycles. The number of aromatic nitrogens is 2. The van der Waals surface area contributed by atoms with Crippen LogP contribution >= 0.6 is 0 Å². The van der Waals surface area contributed by atoms with Crippen LogP contribution < -0.4 is 10.4 Å². The molecule has 27 heavy (non-hydrogen) atoms. The summed E-state index contributed by atoms with van der Waals surface area (Å²) in [5, 5.41) is 29.4. The fraction of sp³-hybridized carbons (Fsp3) is 0.375. The van der Waals surface area contributed by atoms with Gasteiger partial charge in [0.15, 0.2) is 0 Å². The van der Waals surface area contributed by atoms with Crippen molar-refractivity contribution in [2.75, 3.05) is 6.61 Å². The van der Waals surface area contributed by atoms with Crippen molar-refractivity contribution in [3.63, 3.8) is 0 Å². The first kappa shape index (κ1) is 18.9. The largest absolute Gasteiger partial charge is 0.471 e. The Balaban J connectivity index is 1.71. The number of rotatable bonds is 6. The molecule has 1 saturated heterocycles. The van der Waals surface area contributed by atoms with E-state index in [-0.39, 0.29) is 18.7 Å². The second-order valence-corrected chi connectivity index (χ2v) is 5.91. The normalized spacial score (nSPS) is 22.0. The summed E-state index contributed by atoms with van der Waals surface area (Å²) in [4.78, 5) is 25.7. The van der Waals surface area contributed by atoms with Crippen LogP contribution in [0.15, 0.2) is 35.3 Å². The topological polar surface area (TPSA) is 137 Å². The number of benzene rings is 1. The molecule has 1 aromatic carbocycles. The van der Waals surface area contributed by atoms with E-state index in [9.17, 15) is 24.4 Å². The number of halogens is 1. The lowest BCUT2D eigenvalue weighted by molar-refractivity contribution is -0.384. The average Bonchev–Trinajstić information content (AvgIpc) is 3.03. The molecule has 1 fully saturated rings. The van der Waals surface area contributed by atoms with E-state index in [1.54, 1.807) is 0 Å². The molecule has 11 heteroatoms. The van der Waals surface area contributed by atoms with Gasteiger partial charge in [-0.05, 0) is 17.7 Å². The highest BCUT2D eigenvalue weighted by Gasteiger charge is 2.35. The number of nitrogens with zero attached hydrogens (tertiary/aromatic N) is 3. The van der Waals surface area contributed by atoms with Gasteiger partial charge in [-0.3, -0.25) is 14.7 Å². The first-order valence-corrected chi connectivity index (χ1v) is 7.98. The van der Waals surface area contributed by atoms with Crippen molar-refractivity contribution in [3.05, 3.63) is 62.4 Å². The summed E-state index contributed by atoms with van der Waals surface area (Å²) < 4.78 is 25.6. The van der Waals surface area contributed by atoms with Crippen LogP contribution in [0.25, 0.3) is 0 Å². The number of nitro benzene ring substituents is 1. The van der Waals surface area contributed by atoms with E-state index in [2.05, 4.69) is 4.98 Å². The van der Waals surface area contributed by atoms with E-state index in [0.717, 1.165) is 10.8 Å². The Morgan fingerprint density at radius 2 is 2.11 bits per heavy atom. The molecule has 2 N–H and O–H groups in total. The quantitative estimate of drug-likeness (QED) is 0.545. The Hall–Kier alpha value is -2.89. The molecule has 0 unspecified atom stereocenters. The molecule has 0 amide bonds. The highest BCUT2D eigenvalue weighted by molar-refractivity contribution is 5.32. The van der Waals surface area contributed by atoms with E-state index < -0.39 is 47.4 Å². The van der Waals surface area contributed by atoms with Gasteiger partial charge in [-0.2, -0.15) is 9.37 Å². The molecule has 0 saturated carbocycles. The lowest BCUT2D eigenvalue weighted by Gasteiger charge is -2.15. The maximum absolute atomic E-state index is 14.2. The SMILES string of the molecule is O=c1nc(OCc2ccc([N+](=O)[O-])cc2)c(F)cn1[C@H]1C[C@H](O)[C@@H](CO)O1. The molecule has 0 aliphatic carbocycles. The van der Waals surface area contributed by atoms with Crippen molar-refractivity contribution in [2.24, 2.45) is 0 Å². The number of hydrogen-bond acceptors (Lipinski definition) is 8. The average molecular weight is 381 g/mol. The molecule has 3 rings (SSSR count). The lowest BCUT2D eigenvalue weighted by atomic mass is 10.2. The van der Waals surface area contributed by atoms with Crippen molar-refractivity contribution in [1.29, 1.82) is 0 Å². The summed E-state index contributed by atoms with van der Waals surface area (Å²) in [5.41, 5.74) is -0.407. The van der Waals surface area contributed by atoms with Crippen molar-refractivity contribution in [3.8, 4) is 5.88 Å². The van der Waals surface area contributed by atoms with Gasteiger partial charge in [-0.1, -0.05) is 0 Å². The van der Waals surface area contributed by atoms with Crippen LogP contribution in [0.3, 0.4) is 0 Å². The first-order valence-electron chi connectivity index (χ1n) is 7.98. The molecule has 1 aliphatic heterocycles. The van der Waals surface area contributed by atoms with Crippen LogP contribution in [0, 0.1) is 15.9 Å². The molecule has 0 bridgehead atoms. The number of aliphatic hydroxyl groups excluding tert-OH is 2. The van der Waals surface area contributed by atoms with Crippen LogP contribution in [0.1, 0.15) is 18.2 Å². The van der Waals surface area contributed by atoms with E-state index in [4.69, 9.17) is 14.6 Å². The number of nitro groups is 1. The summed E-state index contributed by atoms with van der Waals surface area (Å²) in [6.45, 7) is -0.574. The van der Waals surface area contributed by atoms with Gasteiger partial charge in [0, 0.05) is 18.6 Å². The van der Waals surface area contributed by atoms with Crippen molar-refractivity contribution in [1.82, 2.24) is 9.55 Å². The van der Waals surface area contributed by atoms with Crippen molar-refractivity contribution >= 4 is 5.69 Å².